The van der Waals surface area contributed by atoms with Crippen LogP contribution in [-0.4, -0.2) is 25.3 Å². The lowest BCUT2D eigenvalue weighted by atomic mass is 10.2. The largest absolute Gasteiger partial charge is 0.497 e. The lowest BCUT2D eigenvalue weighted by molar-refractivity contribution is 0.0595. The first-order valence-corrected chi connectivity index (χ1v) is 5.95. The molecule has 1 aromatic heterocycles. The van der Waals surface area contributed by atoms with Crippen LogP contribution in [0.1, 0.15) is 21.8 Å². The van der Waals surface area contributed by atoms with Crippen molar-refractivity contribution in [1.29, 1.82) is 0 Å². The first-order chi connectivity index (χ1) is 9.63. The molecule has 20 heavy (non-hydrogen) atoms. The van der Waals surface area contributed by atoms with Gasteiger partial charge in [-0.2, -0.15) is 0 Å². The number of aryl methyl sites for hydroxylation is 1. The van der Waals surface area contributed by atoms with Gasteiger partial charge in [-0.1, -0.05) is 5.16 Å². The Morgan fingerprint density at radius 1 is 1.30 bits per heavy atom. The lowest BCUT2D eigenvalue weighted by Crippen LogP contribution is -2.06. The number of benzene rings is 1. The third kappa shape index (κ3) is 3.09. The fourth-order valence-electron chi connectivity index (χ4n) is 1.66. The van der Waals surface area contributed by atoms with E-state index >= 15 is 0 Å². The fraction of sp³-hybridized carbons (Fsp3) is 0.286. The van der Waals surface area contributed by atoms with Gasteiger partial charge in [-0.25, -0.2) is 4.79 Å². The van der Waals surface area contributed by atoms with E-state index in [0.717, 1.165) is 5.69 Å². The summed E-state index contributed by atoms with van der Waals surface area (Å²) in [5.41, 5.74) is 1.09. The van der Waals surface area contributed by atoms with Gasteiger partial charge in [0, 0.05) is 12.1 Å². The second-order valence-corrected chi connectivity index (χ2v) is 4.08. The lowest BCUT2D eigenvalue weighted by Gasteiger charge is -2.10. The summed E-state index contributed by atoms with van der Waals surface area (Å²) in [6.45, 7) is 1.98. The normalized spacial score (nSPS) is 10.2. The van der Waals surface area contributed by atoms with E-state index in [9.17, 15) is 4.79 Å². The minimum Gasteiger partial charge on any atom is -0.497 e. The molecule has 0 saturated carbocycles. The number of hydrogen-bond acceptors (Lipinski definition) is 6. The third-order valence-electron chi connectivity index (χ3n) is 2.64. The summed E-state index contributed by atoms with van der Waals surface area (Å²) in [7, 11) is 2.85. The zero-order valence-corrected chi connectivity index (χ0v) is 11.5. The zero-order chi connectivity index (χ0) is 14.5. The number of carbonyl (C=O) groups is 1. The van der Waals surface area contributed by atoms with E-state index < -0.39 is 5.97 Å². The highest BCUT2D eigenvalue weighted by molar-refractivity contribution is 5.92. The highest BCUT2D eigenvalue weighted by atomic mass is 16.5. The van der Waals surface area contributed by atoms with E-state index in [2.05, 4.69) is 5.16 Å². The second-order valence-electron chi connectivity index (χ2n) is 4.08. The summed E-state index contributed by atoms with van der Waals surface area (Å²) < 4.78 is 20.5. The summed E-state index contributed by atoms with van der Waals surface area (Å²) in [6, 6.07) is 6.64. The molecule has 0 aliphatic heterocycles. The molecule has 0 radical (unpaired) electrons. The van der Waals surface area contributed by atoms with Crippen LogP contribution in [0, 0.1) is 6.92 Å². The van der Waals surface area contributed by atoms with Gasteiger partial charge in [0.15, 0.2) is 5.76 Å². The maximum absolute atomic E-state index is 11.7. The van der Waals surface area contributed by atoms with Crippen LogP contribution in [0.4, 0.5) is 0 Å². The van der Waals surface area contributed by atoms with E-state index in [4.69, 9.17) is 18.7 Å². The van der Waals surface area contributed by atoms with Crippen molar-refractivity contribution in [2.24, 2.45) is 0 Å². The minimum atomic E-state index is -0.476. The number of ether oxygens (including phenoxy) is 3. The van der Waals surface area contributed by atoms with Gasteiger partial charge in [-0.3, -0.25) is 0 Å². The zero-order valence-electron chi connectivity index (χ0n) is 11.5. The summed E-state index contributed by atoms with van der Waals surface area (Å²) >= 11 is 0. The van der Waals surface area contributed by atoms with Gasteiger partial charge in [0.05, 0.1) is 19.9 Å². The van der Waals surface area contributed by atoms with Crippen molar-refractivity contribution in [3.63, 3.8) is 0 Å². The van der Waals surface area contributed by atoms with Crippen LogP contribution in [0.25, 0.3) is 0 Å². The number of aromatic nitrogens is 1. The van der Waals surface area contributed by atoms with Crippen LogP contribution in [0.2, 0.25) is 0 Å². The number of rotatable bonds is 5. The van der Waals surface area contributed by atoms with Gasteiger partial charge < -0.3 is 18.7 Å². The standard InChI is InChI=1S/C14H15NO5/c1-9-6-11(20-15-9)8-19-13-7-10(17-2)4-5-12(13)14(16)18-3/h4-7H,8H2,1-3H3. The van der Waals surface area contributed by atoms with Crippen molar-refractivity contribution in [1.82, 2.24) is 5.16 Å². The summed E-state index contributed by atoms with van der Waals surface area (Å²) in [5.74, 6) is 1.05. The van der Waals surface area contributed by atoms with E-state index in [-0.39, 0.29) is 6.61 Å². The van der Waals surface area contributed by atoms with E-state index in [0.29, 0.717) is 22.8 Å². The smallest absolute Gasteiger partial charge is 0.341 e. The van der Waals surface area contributed by atoms with Crippen molar-refractivity contribution in [2.75, 3.05) is 14.2 Å². The SMILES string of the molecule is COC(=O)c1ccc(OC)cc1OCc1cc(C)no1. The van der Waals surface area contributed by atoms with Crippen LogP contribution in [0.15, 0.2) is 28.8 Å². The average Bonchev–Trinajstić information content (AvgIpc) is 2.89. The predicted molar refractivity (Wildman–Crippen MR) is 69.9 cm³/mol. The Hall–Kier alpha value is -2.50. The van der Waals surface area contributed by atoms with Crippen LogP contribution in [0.3, 0.4) is 0 Å². The van der Waals surface area contributed by atoms with E-state index in [1.54, 1.807) is 24.3 Å². The molecule has 0 aliphatic rings. The maximum Gasteiger partial charge on any atom is 0.341 e. The van der Waals surface area contributed by atoms with Gasteiger partial charge >= 0.3 is 5.97 Å². The molecule has 0 aliphatic carbocycles. The molecule has 0 spiro atoms. The molecule has 6 nitrogen and oxygen atoms in total. The molecule has 0 unspecified atom stereocenters. The van der Waals surface area contributed by atoms with Crippen LogP contribution in [-0.2, 0) is 11.3 Å². The number of methoxy groups -OCH3 is 2. The summed E-state index contributed by atoms with van der Waals surface area (Å²) in [6.07, 6.45) is 0. The Bertz CT molecular complexity index is 605. The molecule has 6 heteroatoms. The molecule has 106 valence electrons. The second kappa shape index (κ2) is 6.10. The molecular formula is C14H15NO5. The fourth-order valence-corrected chi connectivity index (χ4v) is 1.66. The molecule has 1 heterocycles. The van der Waals surface area contributed by atoms with Gasteiger partial charge in [0.2, 0.25) is 0 Å². The van der Waals surface area contributed by atoms with Gasteiger partial charge in [0.25, 0.3) is 0 Å². The van der Waals surface area contributed by atoms with Crippen molar-refractivity contribution in [2.45, 2.75) is 13.5 Å². The molecular weight excluding hydrogens is 262 g/mol. The van der Waals surface area contributed by atoms with Crippen LogP contribution < -0.4 is 9.47 Å². The Balaban J connectivity index is 2.21. The topological polar surface area (TPSA) is 70.8 Å². The van der Waals surface area contributed by atoms with Crippen molar-refractivity contribution < 1.29 is 23.5 Å². The monoisotopic (exact) mass is 277 g/mol. The molecule has 2 rings (SSSR count). The van der Waals surface area contributed by atoms with E-state index in [1.165, 1.54) is 14.2 Å². The van der Waals surface area contributed by atoms with Gasteiger partial charge in [-0.15, -0.1) is 0 Å². The Labute approximate surface area is 116 Å². The molecule has 0 saturated heterocycles. The Morgan fingerprint density at radius 3 is 2.70 bits per heavy atom. The molecule has 0 fully saturated rings. The molecule has 0 atom stereocenters. The number of hydrogen-bond donors (Lipinski definition) is 0. The predicted octanol–water partition coefficient (Wildman–Crippen LogP) is 2.36. The van der Waals surface area contributed by atoms with Crippen molar-refractivity contribution in [3.8, 4) is 11.5 Å². The summed E-state index contributed by atoms with van der Waals surface area (Å²) in [4.78, 5) is 11.7. The summed E-state index contributed by atoms with van der Waals surface area (Å²) in [5, 5.41) is 3.77. The van der Waals surface area contributed by atoms with E-state index in [1.807, 2.05) is 6.92 Å². The van der Waals surface area contributed by atoms with Crippen LogP contribution >= 0.6 is 0 Å². The quantitative estimate of drug-likeness (QED) is 0.781. The maximum atomic E-state index is 11.7. The molecule has 1 aromatic carbocycles. The highest BCUT2D eigenvalue weighted by Gasteiger charge is 2.15. The number of esters is 1. The number of carbonyl (C=O) groups excluding carboxylic acids is 1. The first kappa shape index (κ1) is 13.9. The first-order valence-electron chi connectivity index (χ1n) is 5.95. The number of nitrogens with zero attached hydrogens (tertiary/aromatic N) is 1. The molecule has 0 bridgehead atoms. The molecule has 0 N–H and O–H groups in total. The van der Waals surface area contributed by atoms with Crippen LogP contribution in [0.5, 0.6) is 11.5 Å². The molecule has 2 aromatic rings. The Kier molecular flexibility index (Phi) is 4.24. The third-order valence-corrected chi connectivity index (χ3v) is 2.64. The Morgan fingerprint density at radius 2 is 2.10 bits per heavy atom. The molecule has 0 amide bonds. The highest BCUT2D eigenvalue weighted by Crippen LogP contribution is 2.26. The van der Waals surface area contributed by atoms with Crippen molar-refractivity contribution >= 4 is 5.97 Å². The average molecular weight is 277 g/mol. The van der Waals surface area contributed by atoms with Crippen molar-refractivity contribution in [3.05, 3.63) is 41.3 Å². The minimum absolute atomic E-state index is 0.165. The van der Waals surface area contributed by atoms with Gasteiger partial charge in [0.1, 0.15) is 23.7 Å². The van der Waals surface area contributed by atoms with Gasteiger partial charge in [-0.05, 0) is 19.1 Å².